The lowest BCUT2D eigenvalue weighted by Crippen LogP contribution is -2.41. The first kappa shape index (κ1) is 16.9. The standard InChI is InChI=1S/C19H23BN2O2S/c1-18(2)19(3,4)24-20(23-18)15-9-7-14(8-10-15)16-6-5-11-22-12-13-25-21-17(16)22/h5-11H,12-13H2,1-4H3. The quantitative estimate of drug-likeness (QED) is 0.603. The maximum atomic E-state index is 6.14. The molecule has 25 heavy (non-hydrogen) atoms. The maximum Gasteiger partial charge on any atom is 0.494 e. The Morgan fingerprint density at radius 3 is 2.44 bits per heavy atom. The predicted octanol–water partition coefficient (Wildman–Crippen LogP) is 3.26. The fourth-order valence-electron chi connectivity index (χ4n) is 3.10. The van der Waals surface area contributed by atoms with E-state index in [1.165, 1.54) is 0 Å². The van der Waals surface area contributed by atoms with Crippen LogP contribution in [0.5, 0.6) is 0 Å². The number of nitrogens with zero attached hydrogens (tertiary/aromatic N) is 2. The molecule has 0 N–H and O–H groups in total. The van der Waals surface area contributed by atoms with Gasteiger partial charge in [0.25, 0.3) is 0 Å². The Balaban J connectivity index is 1.58. The summed E-state index contributed by atoms with van der Waals surface area (Å²) >= 11 is 1.63. The van der Waals surface area contributed by atoms with E-state index in [2.05, 4.69) is 79.6 Å². The average Bonchev–Trinajstić information content (AvgIpc) is 2.82. The van der Waals surface area contributed by atoms with E-state index in [-0.39, 0.29) is 18.3 Å². The van der Waals surface area contributed by atoms with Gasteiger partial charge in [-0.1, -0.05) is 24.3 Å². The Morgan fingerprint density at radius 2 is 1.76 bits per heavy atom. The van der Waals surface area contributed by atoms with Crippen LogP contribution in [0.4, 0.5) is 0 Å². The largest absolute Gasteiger partial charge is 0.494 e. The SMILES string of the molecule is CC1(C)OB(c2ccc(C3=CC=CN4CCSN=C34)cc2)OC1(C)C. The van der Waals surface area contributed by atoms with Gasteiger partial charge in [0.05, 0.1) is 11.2 Å². The first-order valence-electron chi connectivity index (χ1n) is 8.69. The monoisotopic (exact) mass is 354 g/mol. The van der Waals surface area contributed by atoms with Crippen molar-refractivity contribution in [1.82, 2.24) is 4.90 Å². The smallest absolute Gasteiger partial charge is 0.399 e. The van der Waals surface area contributed by atoms with Gasteiger partial charge in [0.2, 0.25) is 0 Å². The molecule has 0 amide bonds. The van der Waals surface area contributed by atoms with Gasteiger partial charge < -0.3 is 14.2 Å². The van der Waals surface area contributed by atoms with Gasteiger partial charge in [0, 0.05) is 24.1 Å². The van der Waals surface area contributed by atoms with E-state index in [1.807, 2.05) is 0 Å². The van der Waals surface area contributed by atoms with Crippen LogP contribution in [0.2, 0.25) is 0 Å². The molecule has 0 atom stereocenters. The summed E-state index contributed by atoms with van der Waals surface area (Å²) in [5, 5.41) is 0. The summed E-state index contributed by atoms with van der Waals surface area (Å²) in [6, 6.07) is 8.45. The molecule has 0 saturated carbocycles. The van der Waals surface area contributed by atoms with Crippen LogP contribution < -0.4 is 5.46 Å². The summed E-state index contributed by atoms with van der Waals surface area (Å²) in [7, 11) is -0.321. The molecular formula is C19H23BN2O2S. The molecule has 0 bridgehead atoms. The van der Waals surface area contributed by atoms with E-state index >= 15 is 0 Å². The third kappa shape index (κ3) is 2.96. The van der Waals surface area contributed by atoms with Gasteiger partial charge >= 0.3 is 7.12 Å². The Labute approximate surface area is 154 Å². The number of hydrogen-bond acceptors (Lipinski definition) is 5. The van der Waals surface area contributed by atoms with Crippen LogP contribution in [0, 0.1) is 0 Å². The van der Waals surface area contributed by atoms with Crippen molar-refractivity contribution in [2.45, 2.75) is 38.9 Å². The molecule has 3 aliphatic rings. The van der Waals surface area contributed by atoms with E-state index in [0.29, 0.717) is 0 Å². The third-order valence-electron chi connectivity index (χ3n) is 5.36. The second-order valence-electron chi connectivity index (χ2n) is 7.57. The van der Waals surface area contributed by atoms with Crippen molar-refractivity contribution in [2.24, 2.45) is 4.40 Å². The average molecular weight is 354 g/mol. The summed E-state index contributed by atoms with van der Waals surface area (Å²) in [6.45, 7) is 9.31. The Kier molecular flexibility index (Phi) is 4.10. The fraction of sp³-hybridized carbons (Fsp3) is 0.421. The van der Waals surface area contributed by atoms with Crippen molar-refractivity contribution in [2.75, 3.05) is 12.3 Å². The highest BCUT2D eigenvalue weighted by Gasteiger charge is 2.51. The minimum absolute atomic E-state index is 0.318. The van der Waals surface area contributed by atoms with E-state index in [0.717, 1.165) is 34.7 Å². The lowest BCUT2D eigenvalue weighted by Gasteiger charge is -2.32. The second kappa shape index (κ2) is 6.04. The number of amidine groups is 1. The molecule has 6 heteroatoms. The molecule has 0 spiro atoms. The number of fused-ring (bicyclic) bond motifs is 1. The minimum Gasteiger partial charge on any atom is -0.399 e. The summed E-state index contributed by atoms with van der Waals surface area (Å²) in [5.74, 6) is 2.07. The Hall–Kier alpha value is -1.50. The van der Waals surface area contributed by atoms with Gasteiger partial charge in [-0.15, -0.1) is 0 Å². The highest BCUT2D eigenvalue weighted by Crippen LogP contribution is 2.36. The topological polar surface area (TPSA) is 34.1 Å². The molecule has 1 aromatic carbocycles. The molecule has 0 aliphatic carbocycles. The molecule has 1 fully saturated rings. The summed E-state index contributed by atoms with van der Waals surface area (Å²) in [6.07, 6.45) is 6.32. The zero-order valence-electron chi connectivity index (χ0n) is 15.2. The van der Waals surface area contributed by atoms with Gasteiger partial charge in [0.1, 0.15) is 5.84 Å². The fourth-order valence-corrected chi connectivity index (χ4v) is 3.79. The van der Waals surface area contributed by atoms with Crippen LogP contribution in [0.15, 0.2) is 47.0 Å². The summed E-state index contributed by atoms with van der Waals surface area (Å²) < 4.78 is 16.9. The normalized spacial score (nSPS) is 24.0. The van der Waals surface area contributed by atoms with Crippen molar-refractivity contribution in [3.8, 4) is 0 Å². The minimum atomic E-state index is -0.321. The van der Waals surface area contributed by atoms with Crippen LogP contribution in [-0.4, -0.2) is 41.4 Å². The van der Waals surface area contributed by atoms with Crippen molar-refractivity contribution in [1.29, 1.82) is 0 Å². The lowest BCUT2D eigenvalue weighted by atomic mass is 9.78. The number of benzene rings is 1. The lowest BCUT2D eigenvalue weighted by molar-refractivity contribution is 0.00578. The van der Waals surface area contributed by atoms with Crippen LogP contribution >= 0.6 is 11.9 Å². The Morgan fingerprint density at radius 1 is 1.08 bits per heavy atom. The highest BCUT2D eigenvalue weighted by atomic mass is 32.2. The van der Waals surface area contributed by atoms with Gasteiger partial charge in [-0.2, -0.15) is 4.40 Å². The summed E-state index contributed by atoms with van der Waals surface area (Å²) in [4.78, 5) is 2.22. The van der Waals surface area contributed by atoms with Crippen LogP contribution in [0.3, 0.4) is 0 Å². The Bertz CT molecular complexity index is 752. The molecule has 1 aromatic rings. The molecule has 0 aromatic heterocycles. The van der Waals surface area contributed by atoms with Gasteiger partial charge in [-0.3, -0.25) is 0 Å². The molecule has 3 aliphatic heterocycles. The molecular weight excluding hydrogens is 331 g/mol. The highest BCUT2D eigenvalue weighted by molar-refractivity contribution is 7.98. The van der Waals surface area contributed by atoms with Crippen molar-refractivity contribution >= 4 is 35.9 Å². The van der Waals surface area contributed by atoms with Gasteiger partial charge in [-0.25, -0.2) is 0 Å². The number of hydrogen-bond donors (Lipinski definition) is 0. The van der Waals surface area contributed by atoms with Crippen molar-refractivity contribution in [3.63, 3.8) is 0 Å². The number of rotatable bonds is 2. The molecule has 4 nitrogen and oxygen atoms in total. The molecule has 0 unspecified atom stereocenters. The molecule has 0 radical (unpaired) electrons. The maximum absolute atomic E-state index is 6.14. The molecule has 1 saturated heterocycles. The van der Waals surface area contributed by atoms with E-state index in [4.69, 9.17) is 9.31 Å². The zero-order valence-corrected chi connectivity index (χ0v) is 16.0. The molecule has 4 rings (SSSR count). The molecule has 3 heterocycles. The van der Waals surface area contributed by atoms with Crippen molar-refractivity contribution < 1.29 is 9.31 Å². The number of allylic oxidation sites excluding steroid dienone is 2. The van der Waals surface area contributed by atoms with E-state index in [1.54, 1.807) is 11.9 Å². The van der Waals surface area contributed by atoms with Gasteiger partial charge in [0.15, 0.2) is 0 Å². The summed E-state index contributed by atoms with van der Waals surface area (Å²) in [5.41, 5.74) is 2.74. The van der Waals surface area contributed by atoms with Crippen molar-refractivity contribution in [3.05, 3.63) is 48.2 Å². The first-order valence-corrected chi connectivity index (χ1v) is 9.63. The van der Waals surface area contributed by atoms with E-state index < -0.39 is 0 Å². The van der Waals surface area contributed by atoms with E-state index in [9.17, 15) is 0 Å². The van der Waals surface area contributed by atoms with Crippen LogP contribution in [0.1, 0.15) is 33.3 Å². The second-order valence-corrected chi connectivity index (χ2v) is 8.42. The predicted molar refractivity (Wildman–Crippen MR) is 106 cm³/mol. The van der Waals surface area contributed by atoms with Crippen LogP contribution in [-0.2, 0) is 9.31 Å². The van der Waals surface area contributed by atoms with Crippen LogP contribution in [0.25, 0.3) is 5.57 Å². The van der Waals surface area contributed by atoms with Gasteiger partial charge in [-0.05, 0) is 62.8 Å². The third-order valence-corrected chi connectivity index (χ3v) is 6.03. The molecule has 130 valence electrons. The zero-order chi connectivity index (χ0) is 17.7. The first-order chi connectivity index (χ1) is 11.9.